The fraction of sp³-hybridized carbons (Fsp3) is 0. The van der Waals surface area contributed by atoms with Gasteiger partial charge in [0, 0.05) is 23.1 Å². The number of hydrogen-bond acceptors (Lipinski definition) is 4. The minimum atomic E-state index is -0.283. The lowest BCUT2D eigenvalue weighted by molar-refractivity contribution is 0.262. The highest BCUT2D eigenvalue weighted by Crippen LogP contribution is 2.30. The van der Waals surface area contributed by atoms with Gasteiger partial charge in [-0.15, -0.1) is 0 Å². The molecule has 6 heteroatoms. The predicted molar refractivity (Wildman–Crippen MR) is 102 cm³/mol. The number of amides is 2. The number of carbonyl (C=O) groups is 1. The second-order valence-electron chi connectivity index (χ2n) is 5.37. The van der Waals surface area contributed by atoms with E-state index in [4.69, 9.17) is 0 Å². The van der Waals surface area contributed by atoms with Gasteiger partial charge in [-0.3, -0.25) is 0 Å². The Bertz CT molecular complexity index is 997. The molecule has 0 aliphatic rings. The van der Waals surface area contributed by atoms with Crippen molar-refractivity contribution in [2.45, 2.75) is 0 Å². The maximum Gasteiger partial charge on any atom is 0.323 e. The van der Waals surface area contributed by atoms with Crippen molar-refractivity contribution in [2.24, 2.45) is 0 Å². The minimum absolute atomic E-state index is 0.283. The summed E-state index contributed by atoms with van der Waals surface area (Å²) in [5.74, 6) is 0. The first-order valence-corrected chi connectivity index (χ1v) is 8.55. The van der Waals surface area contributed by atoms with E-state index in [0.717, 1.165) is 26.6 Å². The number of fused-ring (bicyclic) bond motifs is 1. The molecule has 122 valence electrons. The van der Waals surface area contributed by atoms with Crippen LogP contribution in [0.3, 0.4) is 0 Å². The molecule has 5 nitrogen and oxygen atoms in total. The molecule has 0 spiro atoms. The van der Waals surface area contributed by atoms with Crippen LogP contribution in [-0.4, -0.2) is 16.0 Å². The second-order valence-corrected chi connectivity index (χ2v) is 6.35. The average molecular weight is 346 g/mol. The van der Waals surface area contributed by atoms with Gasteiger partial charge in [0.15, 0.2) is 0 Å². The standard InChI is InChI=1S/C19H14N4OS/c24-19(21-14-7-2-1-3-8-14)22-15-9-4-6-13(12-15)17-23-16-10-5-11-20-18(16)25-17/h1-12H,(H2,21,22,24). The lowest BCUT2D eigenvalue weighted by Gasteiger charge is -2.08. The Balaban J connectivity index is 1.54. The van der Waals surface area contributed by atoms with Crippen molar-refractivity contribution in [3.05, 3.63) is 72.9 Å². The van der Waals surface area contributed by atoms with E-state index in [2.05, 4.69) is 20.6 Å². The number of nitrogens with zero attached hydrogens (tertiary/aromatic N) is 2. The van der Waals surface area contributed by atoms with Crippen molar-refractivity contribution in [1.29, 1.82) is 0 Å². The van der Waals surface area contributed by atoms with Crippen molar-refractivity contribution in [2.75, 3.05) is 10.6 Å². The maximum absolute atomic E-state index is 12.1. The van der Waals surface area contributed by atoms with Crippen LogP contribution in [0.1, 0.15) is 0 Å². The number of rotatable bonds is 3. The number of pyridine rings is 1. The molecule has 2 aromatic carbocycles. The molecule has 2 amide bonds. The Morgan fingerprint density at radius 2 is 1.68 bits per heavy atom. The van der Waals surface area contributed by atoms with Crippen molar-refractivity contribution >= 4 is 39.1 Å². The smallest absolute Gasteiger partial charge is 0.308 e. The van der Waals surface area contributed by atoms with Gasteiger partial charge in [-0.25, -0.2) is 14.8 Å². The Labute approximate surface area is 148 Å². The number of aromatic nitrogens is 2. The number of hydrogen-bond donors (Lipinski definition) is 2. The monoisotopic (exact) mass is 346 g/mol. The van der Waals surface area contributed by atoms with Gasteiger partial charge in [0.25, 0.3) is 0 Å². The van der Waals surface area contributed by atoms with Crippen LogP contribution < -0.4 is 10.6 Å². The zero-order valence-electron chi connectivity index (χ0n) is 13.1. The molecule has 25 heavy (non-hydrogen) atoms. The van der Waals surface area contributed by atoms with Gasteiger partial charge in [0.1, 0.15) is 15.4 Å². The fourth-order valence-electron chi connectivity index (χ4n) is 2.44. The Hall–Kier alpha value is -3.25. The van der Waals surface area contributed by atoms with Crippen molar-refractivity contribution in [3.63, 3.8) is 0 Å². The molecular weight excluding hydrogens is 332 g/mol. The van der Waals surface area contributed by atoms with Crippen LogP contribution in [0.4, 0.5) is 16.2 Å². The fourth-order valence-corrected chi connectivity index (χ4v) is 3.34. The quantitative estimate of drug-likeness (QED) is 0.548. The second kappa shape index (κ2) is 6.70. The van der Waals surface area contributed by atoms with E-state index < -0.39 is 0 Å². The third-order valence-corrected chi connectivity index (χ3v) is 4.59. The SMILES string of the molecule is O=C(Nc1ccccc1)Nc1cccc(-c2nc3cccnc3s2)c1. The van der Waals surface area contributed by atoms with Gasteiger partial charge in [-0.2, -0.15) is 0 Å². The van der Waals surface area contributed by atoms with E-state index in [1.165, 1.54) is 11.3 Å². The maximum atomic E-state index is 12.1. The highest BCUT2D eigenvalue weighted by molar-refractivity contribution is 7.21. The molecule has 2 N–H and O–H groups in total. The van der Waals surface area contributed by atoms with Crippen LogP contribution >= 0.6 is 11.3 Å². The molecule has 0 saturated heterocycles. The Morgan fingerprint density at radius 1 is 0.880 bits per heavy atom. The third-order valence-electron chi connectivity index (χ3n) is 3.57. The molecule has 0 aliphatic carbocycles. The Kier molecular flexibility index (Phi) is 4.10. The number of anilines is 2. The molecule has 4 aromatic rings. The van der Waals surface area contributed by atoms with E-state index in [-0.39, 0.29) is 6.03 Å². The predicted octanol–water partition coefficient (Wildman–Crippen LogP) is 5.00. The number of para-hydroxylation sites is 1. The first-order valence-electron chi connectivity index (χ1n) is 7.73. The van der Waals surface area contributed by atoms with Gasteiger partial charge in [-0.1, -0.05) is 41.7 Å². The largest absolute Gasteiger partial charge is 0.323 e. The van der Waals surface area contributed by atoms with Crippen molar-refractivity contribution < 1.29 is 4.79 Å². The lowest BCUT2D eigenvalue weighted by atomic mass is 10.2. The average Bonchev–Trinajstić information content (AvgIpc) is 3.07. The normalized spacial score (nSPS) is 10.6. The number of thiazole rings is 1. The van der Waals surface area contributed by atoms with Crippen LogP contribution in [0.15, 0.2) is 72.9 Å². The molecule has 0 radical (unpaired) electrons. The van der Waals surface area contributed by atoms with Crippen LogP contribution in [0.25, 0.3) is 20.9 Å². The summed E-state index contributed by atoms with van der Waals surface area (Å²) in [6.07, 6.45) is 1.76. The molecule has 4 rings (SSSR count). The summed E-state index contributed by atoms with van der Waals surface area (Å²) in [7, 11) is 0. The summed E-state index contributed by atoms with van der Waals surface area (Å²) in [5, 5.41) is 6.52. The van der Waals surface area contributed by atoms with E-state index in [1.54, 1.807) is 6.20 Å². The van der Waals surface area contributed by atoms with Gasteiger partial charge < -0.3 is 10.6 Å². The first kappa shape index (κ1) is 15.3. The summed E-state index contributed by atoms with van der Waals surface area (Å²) in [6.45, 7) is 0. The molecule has 0 atom stereocenters. The molecule has 0 aliphatic heterocycles. The molecule has 0 unspecified atom stereocenters. The van der Waals surface area contributed by atoms with E-state index in [9.17, 15) is 4.79 Å². The number of nitrogens with one attached hydrogen (secondary N) is 2. The summed E-state index contributed by atoms with van der Waals surface area (Å²) in [5.41, 5.74) is 3.27. The van der Waals surface area contributed by atoms with Crippen LogP contribution in [-0.2, 0) is 0 Å². The van der Waals surface area contributed by atoms with Crippen LogP contribution in [0.2, 0.25) is 0 Å². The third kappa shape index (κ3) is 3.49. The van der Waals surface area contributed by atoms with Gasteiger partial charge in [-0.05, 0) is 36.4 Å². The van der Waals surface area contributed by atoms with Gasteiger partial charge in [0.2, 0.25) is 0 Å². The van der Waals surface area contributed by atoms with E-state index in [1.807, 2.05) is 66.7 Å². The molecule has 0 fully saturated rings. The van der Waals surface area contributed by atoms with E-state index >= 15 is 0 Å². The zero-order valence-corrected chi connectivity index (χ0v) is 14.0. The van der Waals surface area contributed by atoms with Crippen LogP contribution in [0, 0.1) is 0 Å². The van der Waals surface area contributed by atoms with Crippen molar-refractivity contribution in [1.82, 2.24) is 9.97 Å². The number of urea groups is 1. The highest BCUT2D eigenvalue weighted by Gasteiger charge is 2.08. The topological polar surface area (TPSA) is 66.9 Å². The Morgan fingerprint density at radius 3 is 2.52 bits per heavy atom. The zero-order chi connectivity index (χ0) is 17.1. The summed E-state index contributed by atoms with van der Waals surface area (Å²) < 4.78 is 0. The summed E-state index contributed by atoms with van der Waals surface area (Å²) >= 11 is 1.53. The first-order chi connectivity index (χ1) is 12.3. The van der Waals surface area contributed by atoms with Gasteiger partial charge in [0.05, 0.1) is 0 Å². The van der Waals surface area contributed by atoms with E-state index in [0.29, 0.717) is 5.69 Å². The lowest BCUT2D eigenvalue weighted by Crippen LogP contribution is -2.19. The molecule has 0 saturated carbocycles. The molecule has 0 bridgehead atoms. The van der Waals surface area contributed by atoms with Crippen LogP contribution in [0.5, 0.6) is 0 Å². The molecule has 2 heterocycles. The van der Waals surface area contributed by atoms with Crippen molar-refractivity contribution in [3.8, 4) is 10.6 Å². The molecular formula is C19H14N4OS. The minimum Gasteiger partial charge on any atom is -0.308 e. The summed E-state index contributed by atoms with van der Waals surface area (Å²) in [6, 6.07) is 20.5. The number of carbonyl (C=O) groups excluding carboxylic acids is 1. The van der Waals surface area contributed by atoms with Gasteiger partial charge >= 0.3 is 6.03 Å². The summed E-state index contributed by atoms with van der Waals surface area (Å²) in [4.78, 5) is 21.9. The highest BCUT2D eigenvalue weighted by atomic mass is 32.1. The number of benzene rings is 2. The molecule has 2 aromatic heterocycles.